The fraction of sp³-hybridized carbons (Fsp3) is 0. The Labute approximate surface area is 91.7 Å². The maximum atomic E-state index is 5.41. The average Bonchev–Trinajstić information content (AvgIpc) is 2.75. The summed E-state index contributed by atoms with van der Waals surface area (Å²) in [6, 6.07) is 14.1. The quantitative estimate of drug-likeness (QED) is 0.671. The molecule has 1 heterocycles. The minimum absolute atomic E-state index is 0.156. The van der Waals surface area contributed by atoms with Crippen LogP contribution < -0.4 is 5.73 Å². The van der Waals surface area contributed by atoms with Crippen molar-refractivity contribution in [2.75, 3.05) is 5.73 Å². The van der Waals surface area contributed by atoms with Gasteiger partial charge in [0.25, 0.3) is 11.8 Å². The number of aromatic nitrogens is 2. The number of nitrogens with two attached hydrogens (primary N) is 1. The largest absolute Gasteiger partial charge is 0.365 e. The Bertz CT molecular complexity index is 645. The number of hydrogen-bond acceptors (Lipinski definition) is 4. The van der Waals surface area contributed by atoms with Gasteiger partial charge in [0.2, 0.25) is 0 Å². The summed E-state index contributed by atoms with van der Waals surface area (Å²) in [4.78, 5) is 3.99. The van der Waals surface area contributed by atoms with Gasteiger partial charge in [-0.3, -0.25) is 0 Å². The van der Waals surface area contributed by atoms with Crippen LogP contribution in [0.4, 0.5) is 5.95 Å². The van der Waals surface area contributed by atoms with E-state index in [4.69, 9.17) is 10.3 Å². The lowest BCUT2D eigenvalue weighted by atomic mass is 10.1. The van der Waals surface area contributed by atoms with Gasteiger partial charge in [0.15, 0.2) is 0 Å². The second-order valence-electron chi connectivity index (χ2n) is 3.52. The maximum Gasteiger partial charge on any atom is 0.261 e. The molecule has 0 bridgehead atoms. The first-order valence-electron chi connectivity index (χ1n) is 4.91. The van der Waals surface area contributed by atoms with E-state index in [0.717, 1.165) is 10.9 Å². The minimum atomic E-state index is 0.156. The Morgan fingerprint density at radius 3 is 2.56 bits per heavy atom. The summed E-state index contributed by atoms with van der Waals surface area (Å²) in [5.74, 6) is 0.603. The van der Waals surface area contributed by atoms with Crippen LogP contribution in [0.5, 0.6) is 0 Å². The van der Waals surface area contributed by atoms with Gasteiger partial charge < -0.3 is 10.3 Å². The molecule has 2 aromatic carbocycles. The Kier molecular flexibility index (Phi) is 1.86. The van der Waals surface area contributed by atoms with E-state index in [1.165, 1.54) is 5.39 Å². The van der Waals surface area contributed by atoms with Crippen LogP contribution >= 0.6 is 0 Å². The highest BCUT2D eigenvalue weighted by Crippen LogP contribution is 2.23. The molecule has 78 valence electrons. The molecule has 16 heavy (non-hydrogen) atoms. The lowest BCUT2D eigenvalue weighted by molar-refractivity contribution is 0.433. The number of fused-ring (bicyclic) bond motifs is 1. The fourth-order valence-corrected chi connectivity index (χ4v) is 1.67. The van der Waals surface area contributed by atoms with Crippen molar-refractivity contribution < 1.29 is 4.52 Å². The molecule has 1 aromatic heterocycles. The fourth-order valence-electron chi connectivity index (χ4n) is 1.67. The molecule has 0 saturated carbocycles. The van der Waals surface area contributed by atoms with Gasteiger partial charge in [0.05, 0.1) is 0 Å². The summed E-state index contributed by atoms with van der Waals surface area (Å²) in [5, 5.41) is 5.88. The summed E-state index contributed by atoms with van der Waals surface area (Å²) in [6.45, 7) is 0. The first-order chi connectivity index (χ1) is 7.83. The number of nitrogen functional groups attached to an aromatic ring is 1. The Balaban J connectivity index is 2.18. The minimum Gasteiger partial charge on any atom is -0.365 e. The second kappa shape index (κ2) is 3.34. The first-order valence-corrected chi connectivity index (χ1v) is 4.91. The highest BCUT2D eigenvalue weighted by atomic mass is 16.5. The second-order valence-corrected chi connectivity index (χ2v) is 3.52. The maximum absolute atomic E-state index is 5.41. The predicted molar refractivity (Wildman–Crippen MR) is 61.7 cm³/mol. The summed E-state index contributed by atoms with van der Waals surface area (Å²) >= 11 is 0. The Hall–Kier alpha value is -2.36. The normalized spacial score (nSPS) is 10.8. The molecule has 0 radical (unpaired) electrons. The van der Waals surface area contributed by atoms with Crippen molar-refractivity contribution in [1.82, 2.24) is 10.1 Å². The van der Waals surface area contributed by atoms with E-state index in [0.29, 0.717) is 5.89 Å². The molecule has 0 saturated heterocycles. The smallest absolute Gasteiger partial charge is 0.261 e. The molecule has 0 aliphatic carbocycles. The van der Waals surface area contributed by atoms with Gasteiger partial charge in [0.1, 0.15) is 0 Å². The monoisotopic (exact) mass is 211 g/mol. The van der Waals surface area contributed by atoms with Crippen LogP contribution in [-0.4, -0.2) is 10.1 Å². The van der Waals surface area contributed by atoms with Gasteiger partial charge in [-0.15, -0.1) is 0 Å². The van der Waals surface area contributed by atoms with Crippen LogP contribution in [0, 0.1) is 0 Å². The molecule has 0 aliphatic rings. The lowest BCUT2D eigenvalue weighted by Crippen LogP contribution is -1.85. The summed E-state index contributed by atoms with van der Waals surface area (Å²) in [7, 11) is 0. The van der Waals surface area contributed by atoms with E-state index in [9.17, 15) is 0 Å². The van der Waals surface area contributed by atoms with E-state index < -0.39 is 0 Å². The summed E-state index contributed by atoms with van der Waals surface area (Å²) in [5.41, 5.74) is 6.29. The molecule has 0 aliphatic heterocycles. The van der Waals surface area contributed by atoms with Gasteiger partial charge >= 0.3 is 0 Å². The molecule has 0 atom stereocenters. The van der Waals surface area contributed by atoms with Gasteiger partial charge in [-0.1, -0.05) is 30.3 Å². The molecule has 0 unspecified atom stereocenters. The zero-order chi connectivity index (χ0) is 11.0. The molecule has 0 spiro atoms. The molecule has 4 nitrogen and oxygen atoms in total. The van der Waals surface area contributed by atoms with Gasteiger partial charge in [0, 0.05) is 5.56 Å². The molecule has 0 fully saturated rings. The van der Waals surface area contributed by atoms with Crippen LogP contribution in [0.15, 0.2) is 47.0 Å². The molecular formula is C12H9N3O. The number of hydrogen-bond donors (Lipinski definition) is 1. The highest BCUT2D eigenvalue weighted by Gasteiger charge is 2.06. The first kappa shape index (κ1) is 8.91. The zero-order valence-corrected chi connectivity index (χ0v) is 8.42. The van der Waals surface area contributed by atoms with E-state index >= 15 is 0 Å². The van der Waals surface area contributed by atoms with Crippen molar-refractivity contribution in [1.29, 1.82) is 0 Å². The third-order valence-corrected chi connectivity index (χ3v) is 2.44. The molecule has 3 aromatic rings. The van der Waals surface area contributed by atoms with Crippen LogP contribution in [-0.2, 0) is 0 Å². The molecule has 2 N–H and O–H groups in total. The van der Waals surface area contributed by atoms with Gasteiger partial charge in [-0.25, -0.2) is 0 Å². The van der Waals surface area contributed by atoms with Crippen molar-refractivity contribution in [3.63, 3.8) is 0 Å². The Morgan fingerprint density at radius 1 is 1.00 bits per heavy atom. The van der Waals surface area contributed by atoms with Gasteiger partial charge in [-0.05, 0) is 28.1 Å². The number of nitrogens with zero attached hydrogens (tertiary/aromatic N) is 2. The van der Waals surface area contributed by atoms with Crippen molar-refractivity contribution in [2.45, 2.75) is 0 Å². The van der Waals surface area contributed by atoms with Crippen molar-refractivity contribution >= 4 is 16.7 Å². The van der Waals surface area contributed by atoms with Crippen molar-refractivity contribution in [3.8, 4) is 11.5 Å². The zero-order valence-electron chi connectivity index (χ0n) is 8.42. The summed E-state index contributed by atoms with van der Waals surface area (Å²) in [6.07, 6.45) is 0. The molecule has 0 amide bonds. The van der Waals surface area contributed by atoms with Crippen LogP contribution in [0.1, 0.15) is 0 Å². The van der Waals surface area contributed by atoms with Crippen molar-refractivity contribution in [2.24, 2.45) is 0 Å². The van der Waals surface area contributed by atoms with E-state index in [-0.39, 0.29) is 5.95 Å². The topological polar surface area (TPSA) is 64.9 Å². The number of anilines is 1. The Morgan fingerprint density at radius 2 is 1.81 bits per heavy atom. The highest BCUT2D eigenvalue weighted by molar-refractivity contribution is 5.86. The van der Waals surface area contributed by atoms with E-state index in [1.54, 1.807) is 0 Å². The average molecular weight is 211 g/mol. The summed E-state index contributed by atoms with van der Waals surface area (Å²) < 4.78 is 5.01. The van der Waals surface area contributed by atoms with Crippen LogP contribution in [0.2, 0.25) is 0 Å². The third kappa shape index (κ3) is 1.40. The van der Waals surface area contributed by atoms with Crippen LogP contribution in [0.25, 0.3) is 22.2 Å². The lowest BCUT2D eigenvalue weighted by Gasteiger charge is -1.98. The molecular weight excluding hydrogens is 202 g/mol. The number of benzene rings is 2. The van der Waals surface area contributed by atoms with E-state index in [2.05, 4.69) is 16.2 Å². The third-order valence-electron chi connectivity index (χ3n) is 2.44. The molecule has 3 rings (SSSR count). The van der Waals surface area contributed by atoms with Crippen molar-refractivity contribution in [3.05, 3.63) is 42.5 Å². The van der Waals surface area contributed by atoms with E-state index in [1.807, 2.05) is 36.4 Å². The predicted octanol–water partition coefficient (Wildman–Crippen LogP) is 2.47. The standard InChI is InChI=1S/C12H9N3O/c13-12-14-11(16-15-12)10-6-5-8-3-1-2-4-9(8)7-10/h1-7H,(H2,13,15). The number of rotatable bonds is 1. The van der Waals surface area contributed by atoms with Crippen LogP contribution in [0.3, 0.4) is 0 Å². The SMILES string of the molecule is Nc1noc(-c2ccc3ccccc3c2)n1. The van der Waals surface area contributed by atoms with Gasteiger partial charge in [-0.2, -0.15) is 4.98 Å². The molecule has 4 heteroatoms.